The van der Waals surface area contributed by atoms with E-state index in [1.807, 2.05) is 18.2 Å². The molecule has 1 aromatic carbocycles. The van der Waals surface area contributed by atoms with Gasteiger partial charge in [0.05, 0.1) is 16.8 Å². The lowest BCUT2D eigenvalue weighted by atomic mass is 10.0. The van der Waals surface area contributed by atoms with E-state index in [0.29, 0.717) is 31.9 Å². The van der Waals surface area contributed by atoms with Gasteiger partial charge in [0.2, 0.25) is 10.0 Å². The van der Waals surface area contributed by atoms with E-state index in [1.54, 1.807) is 35.9 Å². The fraction of sp³-hybridized carbons (Fsp3) is 0.316. The third-order valence-electron chi connectivity index (χ3n) is 4.98. The van der Waals surface area contributed by atoms with Crippen LogP contribution in [0.2, 0.25) is 0 Å². The van der Waals surface area contributed by atoms with Gasteiger partial charge in [0, 0.05) is 61.6 Å². The van der Waals surface area contributed by atoms with Crippen LogP contribution in [0.4, 0.5) is 11.5 Å². The van der Waals surface area contributed by atoms with E-state index in [0.717, 1.165) is 28.0 Å². The first-order chi connectivity index (χ1) is 13.5. The van der Waals surface area contributed by atoms with Crippen molar-refractivity contribution in [3.8, 4) is 11.1 Å². The Morgan fingerprint density at radius 2 is 1.79 bits per heavy atom. The number of sulfonamides is 1. The van der Waals surface area contributed by atoms with E-state index < -0.39 is 10.0 Å². The Morgan fingerprint density at radius 1 is 1.04 bits per heavy atom. The number of rotatable bonds is 4. The molecular weight excluding hydrogens is 376 g/mol. The molecule has 9 heteroatoms. The summed E-state index contributed by atoms with van der Waals surface area (Å²) in [5, 5.41) is 0. The van der Waals surface area contributed by atoms with Crippen molar-refractivity contribution in [1.82, 2.24) is 19.3 Å². The minimum absolute atomic E-state index is 0.136. The van der Waals surface area contributed by atoms with Gasteiger partial charge in [-0.2, -0.15) is 4.31 Å². The van der Waals surface area contributed by atoms with Gasteiger partial charge in [0.1, 0.15) is 5.82 Å². The molecule has 0 atom stereocenters. The molecule has 1 fully saturated rings. The number of hydrogen-bond acceptors (Lipinski definition) is 7. The molecule has 0 unspecified atom stereocenters. The lowest BCUT2D eigenvalue weighted by Gasteiger charge is -2.34. The van der Waals surface area contributed by atoms with Crippen molar-refractivity contribution in [3.63, 3.8) is 0 Å². The maximum absolute atomic E-state index is 12.0. The maximum atomic E-state index is 12.0. The molecule has 3 heterocycles. The van der Waals surface area contributed by atoms with Gasteiger partial charge in [-0.05, 0) is 31.2 Å². The number of nitrogen functional groups attached to an aromatic ring is 1. The zero-order chi connectivity index (χ0) is 19.7. The van der Waals surface area contributed by atoms with Crippen molar-refractivity contribution in [2.45, 2.75) is 6.92 Å². The molecule has 1 saturated heterocycles. The average Bonchev–Trinajstić information content (AvgIpc) is 2.73. The molecule has 0 amide bonds. The standard InChI is InChI=1S/C19H22N6O2S/c1-2-28(26,27)25-9-7-24(8-10-25)18-4-3-14(13-23-18)16-11-15(20)12-17-19(16)22-6-5-21-17/h3-6,11-13H,2,7-10,20H2,1H3. The normalized spacial score (nSPS) is 15.8. The highest BCUT2D eigenvalue weighted by molar-refractivity contribution is 7.89. The van der Waals surface area contributed by atoms with Crippen LogP contribution in [0.5, 0.6) is 0 Å². The molecule has 3 aromatic rings. The molecule has 146 valence electrons. The topological polar surface area (TPSA) is 105 Å². The highest BCUT2D eigenvalue weighted by Gasteiger charge is 2.25. The molecule has 4 rings (SSSR count). The Labute approximate surface area is 164 Å². The Bertz CT molecular complexity index is 1090. The van der Waals surface area contributed by atoms with E-state index >= 15 is 0 Å². The molecule has 0 bridgehead atoms. The molecule has 2 N–H and O–H groups in total. The van der Waals surface area contributed by atoms with Gasteiger partial charge in [-0.25, -0.2) is 13.4 Å². The van der Waals surface area contributed by atoms with Gasteiger partial charge >= 0.3 is 0 Å². The number of nitrogens with two attached hydrogens (primary N) is 1. The molecule has 0 aliphatic carbocycles. The van der Waals surface area contributed by atoms with E-state index in [2.05, 4.69) is 19.9 Å². The van der Waals surface area contributed by atoms with E-state index in [1.165, 1.54) is 0 Å². The third kappa shape index (κ3) is 3.50. The second kappa shape index (κ2) is 7.33. The second-order valence-corrected chi connectivity index (χ2v) is 8.94. The molecule has 0 radical (unpaired) electrons. The van der Waals surface area contributed by atoms with Crippen LogP contribution >= 0.6 is 0 Å². The first-order valence-electron chi connectivity index (χ1n) is 9.17. The number of hydrogen-bond donors (Lipinski definition) is 1. The zero-order valence-corrected chi connectivity index (χ0v) is 16.4. The van der Waals surface area contributed by atoms with Crippen LogP contribution in [0.15, 0.2) is 42.9 Å². The number of nitrogens with zero attached hydrogens (tertiary/aromatic N) is 5. The molecule has 1 aliphatic rings. The van der Waals surface area contributed by atoms with Crippen molar-refractivity contribution in [1.29, 1.82) is 0 Å². The fourth-order valence-electron chi connectivity index (χ4n) is 3.43. The molecule has 28 heavy (non-hydrogen) atoms. The van der Waals surface area contributed by atoms with Crippen LogP contribution in [-0.4, -0.2) is 59.6 Å². The van der Waals surface area contributed by atoms with Crippen molar-refractivity contribution < 1.29 is 8.42 Å². The van der Waals surface area contributed by atoms with Crippen LogP contribution in [0.3, 0.4) is 0 Å². The maximum Gasteiger partial charge on any atom is 0.213 e. The first kappa shape index (κ1) is 18.6. The van der Waals surface area contributed by atoms with Crippen LogP contribution in [0, 0.1) is 0 Å². The summed E-state index contributed by atoms with van der Waals surface area (Å²) in [6.45, 7) is 3.88. The largest absolute Gasteiger partial charge is 0.399 e. The van der Waals surface area contributed by atoms with Crippen LogP contribution in [-0.2, 0) is 10.0 Å². The lowest BCUT2D eigenvalue weighted by molar-refractivity contribution is 0.384. The van der Waals surface area contributed by atoms with Gasteiger partial charge in [-0.1, -0.05) is 0 Å². The first-order valence-corrected chi connectivity index (χ1v) is 10.8. The fourth-order valence-corrected chi connectivity index (χ4v) is 4.51. The number of benzene rings is 1. The van der Waals surface area contributed by atoms with Gasteiger partial charge in [-0.15, -0.1) is 0 Å². The van der Waals surface area contributed by atoms with Crippen LogP contribution in [0.25, 0.3) is 22.2 Å². The summed E-state index contributed by atoms with van der Waals surface area (Å²) in [6.07, 6.45) is 5.10. The number of pyridine rings is 1. The Hall–Kier alpha value is -2.78. The van der Waals surface area contributed by atoms with Gasteiger partial charge in [0.15, 0.2) is 0 Å². The van der Waals surface area contributed by atoms with Gasteiger partial charge in [-0.3, -0.25) is 9.97 Å². The van der Waals surface area contributed by atoms with Crippen molar-refractivity contribution in [3.05, 3.63) is 42.9 Å². The summed E-state index contributed by atoms with van der Waals surface area (Å²) >= 11 is 0. The number of fused-ring (bicyclic) bond motifs is 1. The Balaban J connectivity index is 1.56. The minimum Gasteiger partial charge on any atom is -0.399 e. The molecule has 0 spiro atoms. The third-order valence-corrected chi connectivity index (χ3v) is 6.86. The summed E-state index contributed by atoms with van der Waals surface area (Å²) in [5.74, 6) is 0.966. The van der Waals surface area contributed by atoms with Crippen LogP contribution in [0.1, 0.15) is 6.92 Å². The monoisotopic (exact) mass is 398 g/mol. The molecule has 1 aliphatic heterocycles. The SMILES string of the molecule is CCS(=O)(=O)N1CCN(c2ccc(-c3cc(N)cc4nccnc34)cn2)CC1. The Kier molecular flexibility index (Phi) is 4.86. The summed E-state index contributed by atoms with van der Waals surface area (Å²) in [5.41, 5.74) is 9.97. The van der Waals surface area contributed by atoms with Gasteiger partial charge < -0.3 is 10.6 Å². The Morgan fingerprint density at radius 3 is 2.46 bits per heavy atom. The average molecular weight is 398 g/mol. The number of piperazine rings is 1. The minimum atomic E-state index is -3.13. The molecule has 2 aromatic heterocycles. The molecule has 0 saturated carbocycles. The zero-order valence-electron chi connectivity index (χ0n) is 15.6. The smallest absolute Gasteiger partial charge is 0.213 e. The van der Waals surface area contributed by atoms with Crippen LogP contribution < -0.4 is 10.6 Å². The van der Waals surface area contributed by atoms with E-state index in [9.17, 15) is 8.42 Å². The summed E-state index contributed by atoms with van der Waals surface area (Å²) in [7, 11) is -3.13. The highest BCUT2D eigenvalue weighted by atomic mass is 32.2. The van der Waals surface area contributed by atoms with Crippen molar-refractivity contribution in [2.24, 2.45) is 0 Å². The lowest BCUT2D eigenvalue weighted by Crippen LogP contribution is -2.49. The summed E-state index contributed by atoms with van der Waals surface area (Å²) in [6, 6.07) is 7.62. The summed E-state index contributed by atoms with van der Waals surface area (Å²) in [4.78, 5) is 15.5. The quantitative estimate of drug-likeness (QED) is 0.667. The number of anilines is 2. The highest BCUT2D eigenvalue weighted by Crippen LogP contribution is 2.29. The predicted octanol–water partition coefficient (Wildman–Crippen LogP) is 1.75. The van der Waals surface area contributed by atoms with Gasteiger partial charge in [0.25, 0.3) is 0 Å². The predicted molar refractivity (Wildman–Crippen MR) is 110 cm³/mol. The van der Waals surface area contributed by atoms with Crippen molar-refractivity contribution in [2.75, 3.05) is 42.6 Å². The summed E-state index contributed by atoms with van der Waals surface area (Å²) < 4.78 is 25.6. The van der Waals surface area contributed by atoms with Crippen molar-refractivity contribution >= 4 is 32.6 Å². The number of aromatic nitrogens is 3. The van der Waals surface area contributed by atoms with E-state index in [-0.39, 0.29) is 5.75 Å². The molecular formula is C19H22N6O2S. The molecule has 8 nitrogen and oxygen atoms in total. The van der Waals surface area contributed by atoms with E-state index in [4.69, 9.17) is 5.73 Å². The second-order valence-electron chi connectivity index (χ2n) is 6.68.